The first-order valence-electron chi connectivity index (χ1n) is 5.98. The zero-order valence-corrected chi connectivity index (χ0v) is 12.3. The van der Waals surface area contributed by atoms with Crippen LogP contribution in [0, 0.1) is 6.92 Å². The van der Waals surface area contributed by atoms with E-state index in [0.29, 0.717) is 5.88 Å². The van der Waals surface area contributed by atoms with E-state index in [9.17, 15) is 0 Å². The lowest BCUT2D eigenvalue weighted by atomic mass is 10.2. The Morgan fingerprint density at radius 2 is 2.00 bits per heavy atom. The summed E-state index contributed by atoms with van der Waals surface area (Å²) in [4.78, 5) is 4.32. The van der Waals surface area contributed by atoms with E-state index >= 15 is 0 Å². The average Bonchev–Trinajstić information content (AvgIpc) is 2.86. The minimum absolute atomic E-state index is 0.631. The molecule has 0 saturated carbocycles. The summed E-state index contributed by atoms with van der Waals surface area (Å²) in [5.74, 6) is 0.631. The monoisotopic (exact) mass is 316 g/mol. The van der Waals surface area contributed by atoms with Crippen molar-refractivity contribution in [3.63, 3.8) is 0 Å². The molecule has 0 amide bonds. The van der Waals surface area contributed by atoms with Crippen molar-refractivity contribution in [2.24, 2.45) is 0 Å². The van der Waals surface area contributed by atoms with Gasteiger partial charge in [0.2, 0.25) is 5.88 Å². The molecule has 0 radical (unpaired) electrons. The third-order valence-corrected chi connectivity index (χ3v) is 3.84. The van der Waals surface area contributed by atoms with Crippen molar-refractivity contribution >= 4 is 26.8 Å². The highest BCUT2D eigenvalue weighted by Crippen LogP contribution is 2.32. The van der Waals surface area contributed by atoms with Gasteiger partial charge in [0, 0.05) is 27.9 Å². The van der Waals surface area contributed by atoms with Crippen LogP contribution in [0.5, 0.6) is 5.88 Å². The van der Waals surface area contributed by atoms with Crippen LogP contribution < -0.4 is 4.74 Å². The first-order chi connectivity index (χ1) is 9.22. The molecule has 3 rings (SSSR count). The van der Waals surface area contributed by atoms with Gasteiger partial charge in [0.1, 0.15) is 5.52 Å². The summed E-state index contributed by atoms with van der Waals surface area (Å²) in [6.45, 7) is 2.10. The molecule has 0 aliphatic carbocycles. The van der Waals surface area contributed by atoms with Crippen molar-refractivity contribution in [3.8, 4) is 11.6 Å². The van der Waals surface area contributed by atoms with Crippen LogP contribution in [-0.2, 0) is 0 Å². The third kappa shape index (κ3) is 1.92. The molecule has 3 nitrogen and oxygen atoms in total. The molecule has 2 aromatic heterocycles. The molecular weight excluding hydrogens is 304 g/mol. The zero-order chi connectivity index (χ0) is 13.4. The number of ether oxygens (including phenoxy) is 1. The molecule has 0 aliphatic rings. The number of halogens is 1. The lowest BCUT2D eigenvalue weighted by Crippen LogP contribution is -1.98. The van der Waals surface area contributed by atoms with Crippen LogP contribution in [-0.4, -0.2) is 16.7 Å². The number of methoxy groups -OCH3 is 1. The van der Waals surface area contributed by atoms with Gasteiger partial charge in [-0.1, -0.05) is 18.2 Å². The minimum atomic E-state index is 0.631. The van der Waals surface area contributed by atoms with Crippen LogP contribution in [0.1, 0.15) is 5.56 Å². The standard InChI is InChI=1S/C15H13BrN2O/c1-10-5-3-4-6-13(10)18-8-7-11-12(16)9-17-15(19-2)14(11)18/h3-9H,1-2H3. The highest BCUT2D eigenvalue weighted by atomic mass is 79.9. The molecule has 0 atom stereocenters. The van der Waals surface area contributed by atoms with Crippen LogP contribution in [0.15, 0.2) is 47.2 Å². The number of benzene rings is 1. The predicted molar refractivity (Wildman–Crippen MR) is 80.1 cm³/mol. The van der Waals surface area contributed by atoms with Gasteiger partial charge in [-0.3, -0.25) is 0 Å². The number of hydrogen-bond acceptors (Lipinski definition) is 2. The Labute approximate surface area is 120 Å². The Morgan fingerprint density at radius 1 is 1.21 bits per heavy atom. The van der Waals surface area contributed by atoms with Gasteiger partial charge in [-0.2, -0.15) is 0 Å². The largest absolute Gasteiger partial charge is 0.479 e. The van der Waals surface area contributed by atoms with Crippen molar-refractivity contribution in [1.29, 1.82) is 0 Å². The molecule has 0 aliphatic heterocycles. The number of nitrogens with zero attached hydrogens (tertiary/aromatic N) is 2. The van der Waals surface area contributed by atoms with Gasteiger partial charge in [0.15, 0.2) is 0 Å². The van der Waals surface area contributed by atoms with Gasteiger partial charge in [0.05, 0.1) is 7.11 Å². The summed E-state index contributed by atoms with van der Waals surface area (Å²) in [5, 5.41) is 1.09. The molecule has 0 unspecified atom stereocenters. The molecule has 3 aromatic rings. The second-order valence-electron chi connectivity index (χ2n) is 4.35. The fraction of sp³-hybridized carbons (Fsp3) is 0.133. The van der Waals surface area contributed by atoms with Crippen LogP contribution in [0.2, 0.25) is 0 Å². The van der Waals surface area contributed by atoms with Crippen molar-refractivity contribution in [2.75, 3.05) is 7.11 Å². The predicted octanol–water partition coefficient (Wildman–Crippen LogP) is 4.11. The van der Waals surface area contributed by atoms with Crippen LogP contribution in [0.3, 0.4) is 0 Å². The molecule has 19 heavy (non-hydrogen) atoms. The van der Waals surface area contributed by atoms with E-state index in [1.807, 2.05) is 18.3 Å². The van der Waals surface area contributed by atoms with E-state index in [1.54, 1.807) is 13.3 Å². The first kappa shape index (κ1) is 12.2. The fourth-order valence-corrected chi connectivity index (χ4v) is 2.70. The number of fused-ring (bicyclic) bond motifs is 1. The van der Waals surface area contributed by atoms with Gasteiger partial charge in [-0.05, 0) is 40.5 Å². The highest BCUT2D eigenvalue weighted by molar-refractivity contribution is 9.10. The van der Waals surface area contributed by atoms with Crippen molar-refractivity contribution in [2.45, 2.75) is 6.92 Å². The molecule has 96 valence electrons. The zero-order valence-electron chi connectivity index (χ0n) is 10.7. The molecule has 0 bridgehead atoms. The van der Waals surface area contributed by atoms with Crippen molar-refractivity contribution in [3.05, 3.63) is 52.8 Å². The van der Waals surface area contributed by atoms with Crippen LogP contribution in [0.4, 0.5) is 0 Å². The fourth-order valence-electron chi connectivity index (χ4n) is 2.27. The number of aryl methyl sites for hydroxylation is 1. The average molecular weight is 317 g/mol. The number of pyridine rings is 1. The van der Waals surface area contributed by atoms with Gasteiger partial charge >= 0.3 is 0 Å². The number of rotatable bonds is 2. The SMILES string of the molecule is COc1ncc(Br)c2ccn(-c3ccccc3C)c12. The Bertz CT molecular complexity index is 749. The van der Waals surface area contributed by atoms with E-state index in [2.05, 4.69) is 50.6 Å². The molecule has 0 spiro atoms. The van der Waals surface area contributed by atoms with E-state index < -0.39 is 0 Å². The summed E-state index contributed by atoms with van der Waals surface area (Å²) in [7, 11) is 1.64. The summed E-state index contributed by atoms with van der Waals surface area (Å²) in [6.07, 6.45) is 3.81. The third-order valence-electron chi connectivity index (χ3n) is 3.21. The lowest BCUT2D eigenvalue weighted by Gasteiger charge is -2.11. The Morgan fingerprint density at radius 3 is 2.74 bits per heavy atom. The van der Waals surface area contributed by atoms with Crippen molar-refractivity contribution < 1.29 is 4.74 Å². The van der Waals surface area contributed by atoms with E-state index in [-0.39, 0.29) is 0 Å². The lowest BCUT2D eigenvalue weighted by molar-refractivity contribution is 0.402. The topological polar surface area (TPSA) is 27.1 Å². The van der Waals surface area contributed by atoms with Gasteiger partial charge in [0.25, 0.3) is 0 Å². The van der Waals surface area contributed by atoms with E-state index in [1.165, 1.54) is 5.56 Å². The maximum Gasteiger partial charge on any atom is 0.238 e. The minimum Gasteiger partial charge on any atom is -0.479 e. The van der Waals surface area contributed by atoms with Crippen LogP contribution >= 0.6 is 15.9 Å². The summed E-state index contributed by atoms with van der Waals surface area (Å²) >= 11 is 3.53. The smallest absolute Gasteiger partial charge is 0.238 e. The Hall–Kier alpha value is -1.81. The quantitative estimate of drug-likeness (QED) is 0.711. The molecule has 0 fully saturated rings. The molecular formula is C15H13BrN2O. The van der Waals surface area contributed by atoms with Crippen molar-refractivity contribution in [1.82, 2.24) is 9.55 Å². The summed E-state index contributed by atoms with van der Waals surface area (Å²) in [5.41, 5.74) is 3.32. The normalized spacial score (nSPS) is 10.9. The van der Waals surface area contributed by atoms with E-state index in [0.717, 1.165) is 21.1 Å². The molecule has 2 heterocycles. The van der Waals surface area contributed by atoms with Gasteiger partial charge < -0.3 is 9.30 Å². The second-order valence-corrected chi connectivity index (χ2v) is 5.20. The second kappa shape index (κ2) is 4.70. The number of aromatic nitrogens is 2. The Balaban J connectivity index is 2.37. The van der Waals surface area contributed by atoms with Gasteiger partial charge in [-0.25, -0.2) is 4.98 Å². The molecule has 0 saturated heterocycles. The molecule has 0 N–H and O–H groups in total. The van der Waals surface area contributed by atoms with Crippen LogP contribution in [0.25, 0.3) is 16.6 Å². The maximum absolute atomic E-state index is 5.39. The van der Waals surface area contributed by atoms with E-state index in [4.69, 9.17) is 4.74 Å². The number of para-hydroxylation sites is 1. The summed E-state index contributed by atoms with van der Waals surface area (Å²) in [6, 6.07) is 10.3. The first-order valence-corrected chi connectivity index (χ1v) is 6.77. The highest BCUT2D eigenvalue weighted by Gasteiger charge is 2.13. The van der Waals surface area contributed by atoms with Gasteiger partial charge in [-0.15, -0.1) is 0 Å². The molecule has 1 aromatic carbocycles. The summed E-state index contributed by atoms with van der Waals surface area (Å²) < 4.78 is 8.47. The maximum atomic E-state index is 5.39. The Kier molecular flexibility index (Phi) is 3.03. The molecule has 4 heteroatoms. The number of hydrogen-bond donors (Lipinski definition) is 0.